The second kappa shape index (κ2) is 7.90. The van der Waals surface area contributed by atoms with Crippen LogP contribution in [0.2, 0.25) is 0 Å². The predicted molar refractivity (Wildman–Crippen MR) is 105 cm³/mol. The van der Waals surface area contributed by atoms with Gasteiger partial charge in [-0.3, -0.25) is 4.79 Å². The van der Waals surface area contributed by atoms with E-state index in [2.05, 4.69) is 41.5 Å². The first-order valence-electron chi connectivity index (χ1n) is 9.54. The molecule has 1 aliphatic rings. The average Bonchev–Trinajstić information content (AvgIpc) is 2.65. The molecule has 1 heterocycles. The standard InChI is InChI=1S/C22H28N2O2/c1-4-26-20-13-12-19(17(3)23-20)24-21(25)22(14-6-5-7-15-22)18-10-8-16(2)9-11-18/h8-13H,4-7,14-15H2,1-3H3,(H,24,25). The van der Waals surface area contributed by atoms with Crippen LogP contribution in [-0.4, -0.2) is 17.5 Å². The predicted octanol–water partition coefficient (Wildman–Crippen LogP) is 4.94. The van der Waals surface area contributed by atoms with Crippen LogP contribution in [0, 0.1) is 13.8 Å². The molecule has 1 amide bonds. The zero-order valence-corrected chi connectivity index (χ0v) is 16.0. The number of pyridine rings is 1. The number of nitrogens with one attached hydrogen (secondary N) is 1. The summed E-state index contributed by atoms with van der Waals surface area (Å²) in [4.78, 5) is 17.8. The van der Waals surface area contributed by atoms with Crippen molar-refractivity contribution in [1.82, 2.24) is 4.98 Å². The first-order chi connectivity index (χ1) is 12.5. The normalized spacial score (nSPS) is 16.1. The Kier molecular flexibility index (Phi) is 5.60. The summed E-state index contributed by atoms with van der Waals surface area (Å²) in [5.74, 6) is 0.670. The number of hydrogen-bond donors (Lipinski definition) is 1. The molecule has 0 unspecified atom stereocenters. The summed E-state index contributed by atoms with van der Waals surface area (Å²) in [6.07, 6.45) is 5.16. The van der Waals surface area contributed by atoms with Crippen LogP contribution in [0.1, 0.15) is 55.8 Å². The second-order valence-electron chi connectivity index (χ2n) is 7.18. The van der Waals surface area contributed by atoms with E-state index in [-0.39, 0.29) is 5.91 Å². The number of rotatable bonds is 5. The summed E-state index contributed by atoms with van der Waals surface area (Å²) in [5.41, 5.74) is 3.43. The maximum absolute atomic E-state index is 13.4. The molecule has 1 aromatic carbocycles. The van der Waals surface area contributed by atoms with Crippen molar-refractivity contribution in [3.05, 3.63) is 53.2 Å². The van der Waals surface area contributed by atoms with Crippen molar-refractivity contribution in [3.8, 4) is 5.88 Å². The van der Waals surface area contributed by atoms with Gasteiger partial charge in [-0.05, 0) is 45.2 Å². The first-order valence-corrected chi connectivity index (χ1v) is 9.54. The van der Waals surface area contributed by atoms with Crippen LogP contribution in [0.4, 0.5) is 5.69 Å². The number of aromatic nitrogens is 1. The molecular weight excluding hydrogens is 324 g/mol. The third-order valence-electron chi connectivity index (χ3n) is 5.35. The fourth-order valence-corrected chi connectivity index (χ4v) is 3.82. The van der Waals surface area contributed by atoms with Gasteiger partial charge in [0.15, 0.2) is 0 Å². The third kappa shape index (κ3) is 3.74. The summed E-state index contributed by atoms with van der Waals surface area (Å²) in [5, 5.41) is 3.15. The smallest absolute Gasteiger partial charge is 0.235 e. The van der Waals surface area contributed by atoms with Gasteiger partial charge in [0.2, 0.25) is 11.8 Å². The number of carbonyl (C=O) groups excluding carboxylic acids is 1. The number of carbonyl (C=O) groups is 1. The van der Waals surface area contributed by atoms with E-state index in [4.69, 9.17) is 4.74 Å². The van der Waals surface area contributed by atoms with Crippen LogP contribution in [-0.2, 0) is 10.2 Å². The molecule has 0 aliphatic heterocycles. The van der Waals surface area contributed by atoms with Gasteiger partial charge in [0, 0.05) is 6.07 Å². The maximum Gasteiger partial charge on any atom is 0.235 e. The number of aryl methyl sites for hydroxylation is 2. The number of anilines is 1. The number of hydrogen-bond acceptors (Lipinski definition) is 3. The van der Waals surface area contributed by atoms with Crippen LogP contribution in [0.25, 0.3) is 0 Å². The topological polar surface area (TPSA) is 51.2 Å². The molecule has 0 atom stereocenters. The lowest BCUT2D eigenvalue weighted by atomic mass is 9.68. The van der Waals surface area contributed by atoms with Gasteiger partial charge in [0.25, 0.3) is 0 Å². The third-order valence-corrected chi connectivity index (χ3v) is 5.35. The van der Waals surface area contributed by atoms with Crippen molar-refractivity contribution >= 4 is 11.6 Å². The van der Waals surface area contributed by atoms with E-state index in [1.807, 2.05) is 26.0 Å². The van der Waals surface area contributed by atoms with Crippen molar-refractivity contribution in [2.24, 2.45) is 0 Å². The molecule has 1 N–H and O–H groups in total. The molecule has 0 saturated heterocycles. The Bertz CT molecular complexity index is 762. The van der Waals surface area contributed by atoms with Crippen molar-refractivity contribution in [2.45, 2.75) is 58.3 Å². The van der Waals surface area contributed by atoms with Crippen LogP contribution in [0.5, 0.6) is 5.88 Å². The number of ether oxygens (including phenoxy) is 1. The molecule has 4 nitrogen and oxygen atoms in total. The molecule has 4 heteroatoms. The van der Waals surface area contributed by atoms with Crippen molar-refractivity contribution in [1.29, 1.82) is 0 Å². The van der Waals surface area contributed by atoms with Gasteiger partial charge < -0.3 is 10.1 Å². The maximum atomic E-state index is 13.4. The van der Waals surface area contributed by atoms with E-state index < -0.39 is 5.41 Å². The van der Waals surface area contributed by atoms with Gasteiger partial charge in [0.1, 0.15) is 0 Å². The Labute approximate surface area is 156 Å². The summed E-state index contributed by atoms with van der Waals surface area (Å²) in [7, 11) is 0. The molecule has 138 valence electrons. The lowest BCUT2D eigenvalue weighted by Crippen LogP contribution is -2.42. The average molecular weight is 352 g/mol. The van der Waals surface area contributed by atoms with Gasteiger partial charge in [0.05, 0.1) is 23.4 Å². The minimum Gasteiger partial charge on any atom is -0.478 e. The highest BCUT2D eigenvalue weighted by molar-refractivity contribution is 5.99. The number of benzene rings is 1. The highest BCUT2D eigenvalue weighted by Gasteiger charge is 2.41. The van der Waals surface area contributed by atoms with Crippen molar-refractivity contribution in [3.63, 3.8) is 0 Å². The van der Waals surface area contributed by atoms with Gasteiger partial charge in [-0.25, -0.2) is 4.98 Å². The Hall–Kier alpha value is -2.36. The Morgan fingerprint density at radius 1 is 1.08 bits per heavy atom. The molecular formula is C22H28N2O2. The molecule has 1 aliphatic carbocycles. The highest BCUT2D eigenvalue weighted by atomic mass is 16.5. The van der Waals surface area contributed by atoms with Crippen molar-refractivity contribution in [2.75, 3.05) is 11.9 Å². The zero-order valence-electron chi connectivity index (χ0n) is 16.0. The number of nitrogens with zero attached hydrogens (tertiary/aromatic N) is 1. The summed E-state index contributed by atoms with van der Waals surface area (Å²) < 4.78 is 5.44. The summed E-state index contributed by atoms with van der Waals surface area (Å²) in [6, 6.07) is 12.1. The largest absolute Gasteiger partial charge is 0.478 e. The van der Waals surface area contributed by atoms with Crippen LogP contribution in [0.15, 0.2) is 36.4 Å². The first kappa shape index (κ1) is 18.4. The Balaban J connectivity index is 1.88. The second-order valence-corrected chi connectivity index (χ2v) is 7.18. The van der Waals surface area contributed by atoms with Gasteiger partial charge in [-0.15, -0.1) is 0 Å². The molecule has 26 heavy (non-hydrogen) atoms. The van der Waals surface area contributed by atoms with E-state index >= 15 is 0 Å². The van der Waals surface area contributed by atoms with E-state index in [9.17, 15) is 4.79 Å². The van der Waals surface area contributed by atoms with E-state index in [0.717, 1.165) is 42.6 Å². The van der Waals surface area contributed by atoms with Crippen LogP contribution in [0.3, 0.4) is 0 Å². The molecule has 1 aromatic heterocycles. The lowest BCUT2D eigenvalue weighted by Gasteiger charge is -2.36. The molecule has 0 bridgehead atoms. The van der Waals surface area contributed by atoms with Gasteiger partial charge in [-0.2, -0.15) is 0 Å². The van der Waals surface area contributed by atoms with Crippen LogP contribution >= 0.6 is 0 Å². The summed E-state index contributed by atoms with van der Waals surface area (Å²) >= 11 is 0. The van der Waals surface area contributed by atoms with Crippen LogP contribution < -0.4 is 10.1 Å². The minimum atomic E-state index is -0.447. The molecule has 0 radical (unpaired) electrons. The Morgan fingerprint density at radius 3 is 2.38 bits per heavy atom. The lowest BCUT2D eigenvalue weighted by molar-refractivity contribution is -0.122. The summed E-state index contributed by atoms with van der Waals surface area (Å²) in [6.45, 7) is 6.49. The molecule has 1 fully saturated rings. The van der Waals surface area contributed by atoms with Gasteiger partial charge >= 0.3 is 0 Å². The molecule has 0 spiro atoms. The minimum absolute atomic E-state index is 0.0788. The van der Waals surface area contributed by atoms with Crippen molar-refractivity contribution < 1.29 is 9.53 Å². The van der Waals surface area contributed by atoms with E-state index in [0.29, 0.717) is 12.5 Å². The Morgan fingerprint density at radius 2 is 1.77 bits per heavy atom. The number of amides is 1. The fraction of sp³-hybridized carbons (Fsp3) is 0.455. The molecule has 2 aromatic rings. The van der Waals surface area contributed by atoms with Gasteiger partial charge in [-0.1, -0.05) is 49.1 Å². The molecule has 3 rings (SSSR count). The van der Waals surface area contributed by atoms with E-state index in [1.54, 1.807) is 0 Å². The molecule has 1 saturated carbocycles. The van der Waals surface area contributed by atoms with E-state index in [1.165, 1.54) is 12.0 Å². The quantitative estimate of drug-likeness (QED) is 0.829. The fourth-order valence-electron chi connectivity index (χ4n) is 3.82. The SMILES string of the molecule is CCOc1ccc(NC(=O)C2(c3ccc(C)cc3)CCCCC2)c(C)n1. The zero-order chi connectivity index (χ0) is 18.6. The highest BCUT2D eigenvalue weighted by Crippen LogP contribution is 2.40. The monoisotopic (exact) mass is 352 g/mol.